The Hall–Kier alpha value is -2.11. The highest BCUT2D eigenvalue weighted by Gasteiger charge is 2.14. The number of nitrogens with zero attached hydrogens (tertiary/aromatic N) is 1. The predicted octanol–water partition coefficient (Wildman–Crippen LogP) is 4.21. The summed E-state index contributed by atoms with van der Waals surface area (Å²) in [6.07, 6.45) is 0.757. The number of carbonyl (C=O) groups is 2. The van der Waals surface area contributed by atoms with Crippen LogP contribution >= 0.6 is 23.2 Å². The standard InChI is InChI=1S/C16H14Cl2N2O3/c1-2-9-23-16(22)10-3-5-11(6-4-10)19-15(21)14-12(17)7-8-13(18)20-14/h3-8H,2,9H2,1H3,(H,19,21). The number of halogens is 2. The molecule has 23 heavy (non-hydrogen) atoms. The molecule has 0 radical (unpaired) electrons. The fraction of sp³-hybridized carbons (Fsp3) is 0.188. The third-order valence-corrected chi connectivity index (χ3v) is 3.36. The molecular weight excluding hydrogens is 339 g/mol. The molecule has 0 aliphatic heterocycles. The zero-order valence-electron chi connectivity index (χ0n) is 12.3. The normalized spacial score (nSPS) is 10.2. The number of hydrogen-bond donors (Lipinski definition) is 1. The monoisotopic (exact) mass is 352 g/mol. The van der Waals surface area contributed by atoms with Crippen LogP contribution in [0.25, 0.3) is 0 Å². The number of rotatable bonds is 5. The minimum Gasteiger partial charge on any atom is -0.462 e. The topological polar surface area (TPSA) is 68.3 Å². The molecule has 1 aromatic heterocycles. The molecule has 0 fully saturated rings. The average molecular weight is 353 g/mol. The third kappa shape index (κ3) is 4.68. The maximum atomic E-state index is 12.1. The van der Waals surface area contributed by atoms with Crippen molar-refractivity contribution in [3.05, 3.63) is 57.8 Å². The number of anilines is 1. The lowest BCUT2D eigenvalue weighted by molar-refractivity contribution is 0.0505. The van der Waals surface area contributed by atoms with E-state index in [4.69, 9.17) is 27.9 Å². The van der Waals surface area contributed by atoms with Crippen LogP contribution in [0, 0.1) is 0 Å². The van der Waals surface area contributed by atoms with Crippen molar-refractivity contribution >= 4 is 40.8 Å². The Morgan fingerprint density at radius 3 is 2.48 bits per heavy atom. The molecule has 5 nitrogen and oxygen atoms in total. The Balaban J connectivity index is 2.07. The molecule has 2 rings (SSSR count). The second-order valence-electron chi connectivity index (χ2n) is 4.63. The second kappa shape index (κ2) is 7.94. The van der Waals surface area contributed by atoms with Crippen LogP contribution in [-0.4, -0.2) is 23.5 Å². The zero-order chi connectivity index (χ0) is 16.8. The lowest BCUT2D eigenvalue weighted by atomic mass is 10.2. The quantitative estimate of drug-likeness (QED) is 0.646. The van der Waals surface area contributed by atoms with Gasteiger partial charge in [0.15, 0.2) is 0 Å². The van der Waals surface area contributed by atoms with Crippen LogP contribution in [0.15, 0.2) is 36.4 Å². The lowest BCUT2D eigenvalue weighted by Gasteiger charge is -2.07. The van der Waals surface area contributed by atoms with Crippen molar-refractivity contribution in [3.8, 4) is 0 Å². The Morgan fingerprint density at radius 1 is 1.13 bits per heavy atom. The van der Waals surface area contributed by atoms with Gasteiger partial charge in [-0.05, 0) is 42.8 Å². The maximum Gasteiger partial charge on any atom is 0.338 e. The van der Waals surface area contributed by atoms with Gasteiger partial charge in [0.2, 0.25) is 0 Å². The molecule has 2 aromatic rings. The first-order chi connectivity index (χ1) is 11.0. The summed E-state index contributed by atoms with van der Waals surface area (Å²) in [5.74, 6) is -0.886. The van der Waals surface area contributed by atoms with Gasteiger partial charge in [-0.15, -0.1) is 0 Å². The third-order valence-electron chi connectivity index (χ3n) is 2.84. The van der Waals surface area contributed by atoms with Crippen molar-refractivity contribution in [2.45, 2.75) is 13.3 Å². The fourth-order valence-electron chi connectivity index (χ4n) is 1.74. The molecule has 120 valence electrons. The van der Waals surface area contributed by atoms with Crippen molar-refractivity contribution in [1.29, 1.82) is 0 Å². The van der Waals surface area contributed by atoms with E-state index in [0.717, 1.165) is 6.42 Å². The van der Waals surface area contributed by atoms with Crippen LogP contribution in [-0.2, 0) is 4.74 Å². The highest BCUT2D eigenvalue weighted by atomic mass is 35.5. The van der Waals surface area contributed by atoms with Gasteiger partial charge in [-0.2, -0.15) is 0 Å². The molecule has 0 aliphatic carbocycles. The Kier molecular flexibility index (Phi) is 5.96. The molecule has 0 aliphatic rings. The summed E-state index contributed by atoms with van der Waals surface area (Å²) >= 11 is 11.7. The molecule has 0 unspecified atom stereocenters. The van der Waals surface area contributed by atoms with Crippen molar-refractivity contribution in [2.24, 2.45) is 0 Å². The molecule has 1 heterocycles. The summed E-state index contributed by atoms with van der Waals surface area (Å²) < 4.78 is 5.03. The van der Waals surface area contributed by atoms with Gasteiger partial charge in [-0.25, -0.2) is 9.78 Å². The van der Waals surface area contributed by atoms with E-state index >= 15 is 0 Å². The molecule has 7 heteroatoms. The lowest BCUT2D eigenvalue weighted by Crippen LogP contribution is -2.14. The van der Waals surface area contributed by atoms with Crippen LogP contribution in [0.1, 0.15) is 34.2 Å². The fourth-order valence-corrected chi connectivity index (χ4v) is 2.07. The van der Waals surface area contributed by atoms with Gasteiger partial charge in [-0.1, -0.05) is 30.1 Å². The largest absolute Gasteiger partial charge is 0.462 e. The number of nitrogens with one attached hydrogen (secondary N) is 1. The Labute approximate surface area is 143 Å². The minimum absolute atomic E-state index is 0.0330. The zero-order valence-corrected chi connectivity index (χ0v) is 13.8. The van der Waals surface area contributed by atoms with E-state index in [1.807, 2.05) is 6.92 Å². The highest BCUT2D eigenvalue weighted by molar-refractivity contribution is 6.35. The number of pyridine rings is 1. The molecule has 0 saturated carbocycles. The van der Waals surface area contributed by atoms with Crippen molar-refractivity contribution in [2.75, 3.05) is 11.9 Å². The number of carbonyl (C=O) groups excluding carboxylic acids is 2. The predicted molar refractivity (Wildman–Crippen MR) is 89.2 cm³/mol. The van der Waals surface area contributed by atoms with E-state index in [2.05, 4.69) is 10.3 Å². The number of amides is 1. The summed E-state index contributed by atoms with van der Waals surface area (Å²) in [7, 11) is 0. The molecule has 1 amide bonds. The maximum absolute atomic E-state index is 12.1. The molecular formula is C16H14Cl2N2O3. The second-order valence-corrected chi connectivity index (χ2v) is 5.43. The van der Waals surface area contributed by atoms with E-state index in [-0.39, 0.29) is 15.9 Å². The van der Waals surface area contributed by atoms with Crippen LogP contribution in [0.3, 0.4) is 0 Å². The van der Waals surface area contributed by atoms with Gasteiger partial charge in [-0.3, -0.25) is 4.79 Å². The van der Waals surface area contributed by atoms with E-state index in [1.54, 1.807) is 24.3 Å². The average Bonchev–Trinajstić information content (AvgIpc) is 2.55. The Bertz CT molecular complexity index is 718. The van der Waals surface area contributed by atoms with E-state index < -0.39 is 11.9 Å². The number of hydrogen-bond acceptors (Lipinski definition) is 4. The molecule has 1 aromatic carbocycles. The minimum atomic E-state index is -0.487. The number of ether oxygens (including phenoxy) is 1. The van der Waals surface area contributed by atoms with E-state index in [1.165, 1.54) is 12.1 Å². The van der Waals surface area contributed by atoms with Gasteiger partial charge < -0.3 is 10.1 Å². The summed E-state index contributed by atoms with van der Waals surface area (Å²) in [4.78, 5) is 27.7. The molecule has 1 N–H and O–H groups in total. The molecule has 0 atom stereocenters. The summed E-state index contributed by atoms with van der Waals surface area (Å²) in [5, 5.41) is 3.01. The first kappa shape index (κ1) is 17.2. The van der Waals surface area contributed by atoms with Gasteiger partial charge in [0.25, 0.3) is 5.91 Å². The summed E-state index contributed by atoms with van der Waals surface area (Å²) in [5.41, 5.74) is 0.945. The molecule has 0 bridgehead atoms. The number of esters is 1. The van der Waals surface area contributed by atoms with Gasteiger partial charge in [0.05, 0.1) is 17.2 Å². The smallest absolute Gasteiger partial charge is 0.338 e. The Morgan fingerprint density at radius 2 is 1.83 bits per heavy atom. The van der Waals surface area contributed by atoms with Gasteiger partial charge in [0.1, 0.15) is 10.8 Å². The molecule has 0 spiro atoms. The molecule has 0 saturated heterocycles. The van der Waals surface area contributed by atoms with Crippen LogP contribution in [0.4, 0.5) is 5.69 Å². The first-order valence-electron chi connectivity index (χ1n) is 6.92. The SMILES string of the molecule is CCCOC(=O)c1ccc(NC(=O)c2nc(Cl)ccc2Cl)cc1. The highest BCUT2D eigenvalue weighted by Crippen LogP contribution is 2.19. The van der Waals surface area contributed by atoms with E-state index in [9.17, 15) is 9.59 Å². The van der Waals surface area contributed by atoms with Gasteiger partial charge >= 0.3 is 5.97 Å². The summed E-state index contributed by atoms with van der Waals surface area (Å²) in [6, 6.07) is 9.33. The first-order valence-corrected chi connectivity index (χ1v) is 7.67. The van der Waals surface area contributed by atoms with Crippen LogP contribution in [0.2, 0.25) is 10.2 Å². The van der Waals surface area contributed by atoms with E-state index in [0.29, 0.717) is 17.9 Å². The van der Waals surface area contributed by atoms with Crippen molar-refractivity contribution in [1.82, 2.24) is 4.98 Å². The van der Waals surface area contributed by atoms with Crippen LogP contribution < -0.4 is 5.32 Å². The number of benzene rings is 1. The van der Waals surface area contributed by atoms with Crippen LogP contribution in [0.5, 0.6) is 0 Å². The van der Waals surface area contributed by atoms with Gasteiger partial charge in [0, 0.05) is 5.69 Å². The van der Waals surface area contributed by atoms with Crippen molar-refractivity contribution in [3.63, 3.8) is 0 Å². The van der Waals surface area contributed by atoms with Crippen molar-refractivity contribution < 1.29 is 14.3 Å². The summed E-state index contributed by atoms with van der Waals surface area (Å²) in [6.45, 7) is 2.29. The number of aromatic nitrogens is 1.